The zero-order valence-corrected chi connectivity index (χ0v) is 21.3. The summed E-state index contributed by atoms with van der Waals surface area (Å²) in [7, 11) is -7.95. The molecule has 1 aliphatic heterocycles. The number of sulfonamides is 2. The van der Waals surface area contributed by atoms with Crippen molar-refractivity contribution in [2.75, 3.05) is 29.3 Å². The average molecular weight is 550 g/mol. The molecule has 4 rings (SSSR count). The number of benzene rings is 3. The molecule has 0 saturated carbocycles. The number of carbonyl (C=O) groups is 1. The van der Waals surface area contributed by atoms with Gasteiger partial charge in [-0.3, -0.25) is 9.10 Å². The fourth-order valence-electron chi connectivity index (χ4n) is 3.95. The predicted molar refractivity (Wildman–Crippen MR) is 135 cm³/mol. The third-order valence-corrected chi connectivity index (χ3v) is 9.60. The fraction of sp³-hybridized carbons (Fsp3) is 0.240. The minimum Gasteiger partial charge on any atom is -0.325 e. The van der Waals surface area contributed by atoms with E-state index in [1.54, 1.807) is 0 Å². The van der Waals surface area contributed by atoms with Crippen molar-refractivity contribution in [3.05, 3.63) is 84.4 Å². The van der Waals surface area contributed by atoms with Gasteiger partial charge in [-0.05, 0) is 85.6 Å². The van der Waals surface area contributed by atoms with Crippen LogP contribution >= 0.6 is 0 Å². The van der Waals surface area contributed by atoms with Crippen LogP contribution in [0.5, 0.6) is 0 Å². The van der Waals surface area contributed by atoms with E-state index in [0.29, 0.717) is 13.1 Å². The van der Waals surface area contributed by atoms with Crippen LogP contribution in [0, 0.1) is 11.6 Å². The van der Waals surface area contributed by atoms with Crippen LogP contribution < -0.4 is 9.62 Å². The molecular weight excluding hydrogens is 524 g/mol. The van der Waals surface area contributed by atoms with E-state index < -0.39 is 44.1 Å². The Balaban J connectivity index is 1.53. The number of halogens is 2. The number of hydrogen-bond acceptors (Lipinski definition) is 5. The minimum absolute atomic E-state index is 0.0313. The maximum Gasteiger partial charge on any atom is 0.264 e. The molecule has 0 radical (unpaired) electrons. The quantitative estimate of drug-likeness (QED) is 0.458. The van der Waals surface area contributed by atoms with E-state index >= 15 is 0 Å². The Morgan fingerprint density at radius 2 is 1.27 bits per heavy atom. The van der Waals surface area contributed by atoms with Gasteiger partial charge in [0.25, 0.3) is 10.0 Å². The highest BCUT2D eigenvalue weighted by Crippen LogP contribution is 2.25. The van der Waals surface area contributed by atoms with Crippen LogP contribution in [0.15, 0.2) is 82.6 Å². The molecule has 8 nitrogen and oxygen atoms in total. The van der Waals surface area contributed by atoms with Crippen molar-refractivity contribution in [2.45, 2.75) is 29.1 Å². The van der Waals surface area contributed by atoms with E-state index in [9.17, 15) is 30.4 Å². The van der Waals surface area contributed by atoms with Crippen LogP contribution in [-0.4, -0.2) is 46.7 Å². The number of anilines is 2. The molecular formula is C25H25F2N3O5S2. The number of carbonyl (C=O) groups excluding carboxylic acids is 1. The number of rotatable bonds is 8. The second-order valence-electron chi connectivity index (χ2n) is 8.48. The van der Waals surface area contributed by atoms with Gasteiger partial charge in [0, 0.05) is 18.8 Å². The normalized spacial score (nSPS) is 14.8. The van der Waals surface area contributed by atoms with Gasteiger partial charge in [-0.25, -0.2) is 25.6 Å². The molecule has 3 aromatic rings. The summed E-state index contributed by atoms with van der Waals surface area (Å²) in [5.41, 5.74) is 0.296. The number of nitrogens with zero attached hydrogens (tertiary/aromatic N) is 2. The summed E-state index contributed by atoms with van der Waals surface area (Å²) in [5.74, 6) is -1.94. The van der Waals surface area contributed by atoms with Crippen molar-refractivity contribution in [3.8, 4) is 0 Å². The van der Waals surface area contributed by atoms with Crippen LogP contribution in [0.25, 0.3) is 0 Å². The van der Waals surface area contributed by atoms with Crippen molar-refractivity contribution in [3.63, 3.8) is 0 Å². The maximum atomic E-state index is 13.5. The molecule has 1 amide bonds. The van der Waals surface area contributed by atoms with Gasteiger partial charge in [-0.1, -0.05) is 6.42 Å². The van der Waals surface area contributed by atoms with E-state index in [2.05, 4.69) is 5.32 Å². The van der Waals surface area contributed by atoms with Crippen LogP contribution in [0.1, 0.15) is 19.3 Å². The van der Waals surface area contributed by atoms with Crippen molar-refractivity contribution in [2.24, 2.45) is 0 Å². The van der Waals surface area contributed by atoms with Crippen molar-refractivity contribution in [1.82, 2.24) is 4.31 Å². The zero-order valence-electron chi connectivity index (χ0n) is 19.7. The summed E-state index contributed by atoms with van der Waals surface area (Å²) in [5, 5.41) is 2.56. The Morgan fingerprint density at radius 1 is 0.757 bits per heavy atom. The summed E-state index contributed by atoms with van der Waals surface area (Å²) < 4.78 is 81.2. The molecule has 1 N–H and O–H groups in total. The molecule has 37 heavy (non-hydrogen) atoms. The first kappa shape index (κ1) is 26.7. The highest BCUT2D eigenvalue weighted by molar-refractivity contribution is 7.92. The van der Waals surface area contributed by atoms with Crippen molar-refractivity contribution >= 4 is 37.3 Å². The van der Waals surface area contributed by atoms with E-state index in [0.717, 1.165) is 60.0 Å². The molecule has 0 atom stereocenters. The molecule has 0 unspecified atom stereocenters. The largest absolute Gasteiger partial charge is 0.325 e. The van der Waals surface area contributed by atoms with Gasteiger partial charge in [0.15, 0.2) is 0 Å². The Labute approximate surface area is 214 Å². The van der Waals surface area contributed by atoms with E-state index in [1.807, 2.05) is 0 Å². The molecule has 0 bridgehead atoms. The van der Waals surface area contributed by atoms with Crippen LogP contribution in [0.4, 0.5) is 20.2 Å². The fourth-order valence-corrected chi connectivity index (χ4v) is 6.89. The zero-order chi connectivity index (χ0) is 26.6. The lowest BCUT2D eigenvalue weighted by Crippen LogP contribution is -2.38. The molecule has 3 aromatic carbocycles. The molecule has 1 aliphatic rings. The smallest absolute Gasteiger partial charge is 0.264 e. The standard InChI is InChI=1S/C25H25F2N3O5S2/c26-19-4-10-22(11-5-19)30(37(34,35)24-12-6-20(27)7-13-24)18-25(31)28-21-8-14-23(15-9-21)36(32,33)29-16-2-1-3-17-29/h4-15H,1-3,16-18H2,(H,28,31). The number of amides is 1. The second-order valence-corrected chi connectivity index (χ2v) is 12.3. The van der Waals surface area contributed by atoms with Gasteiger partial charge < -0.3 is 5.32 Å². The van der Waals surface area contributed by atoms with Gasteiger partial charge in [-0.15, -0.1) is 0 Å². The Kier molecular flexibility index (Phi) is 7.90. The number of piperidine rings is 1. The first-order valence-corrected chi connectivity index (χ1v) is 14.4. The van der Waals surface area contributed by atoms with Gasteiger partial charge in [0.05, 0.1) is 15.5 Å². The van der Waals surface area contributed by atoms with Crippen LogP contribution in [-0.2, 0) is 24.8 Å². The molecule has 196 valence electrons. The molecule has 0 aromatic heterocycles. The first-order valence-electron chi connectivity index (χ1n) is 11.5. The maximum absolute atomic E-state index is 13.5. The summed E-state index contributed by atoms with van der Waals surface area (Å²) in [4.78, 5) is 12.7. The second kappa shape index (κ2) is 11.0. The molecule has 1 saturated heterocycles. The summed E-state index contributed by atoms with van der Waals surface area (Å²) >= 11 is 0. The van der Waals surface area contributed by atoms with Crippen LogP contribution in [0.2, 0.25) is 0 Å². The number of nitrogens with one attached hydrogen (secondary N) is 1. The Morgan fingerprint density at radius 3 is 1.84 bits per heavy atom. The first-order chi connectivity index (χ1) is 17.6. The molecule has 1 fully saturated rings. The van der Waals surface area contributed by atoms with E-state index in [4.69, 9.17) is 0 Å². The van der Waals surface area contributed by atoms with Gasteiger partial charge in [0.1, 0.15) is 18.2 Å². The van der Waals surface area contributed by atoms with Gasteiger partial charge in [0.2, 0.25) is 15.9 Å². The minimum atomic E-state index is -4.31. The molecule has 1 heterocycles. The topological polar surface area (TPSA) is 104 Å². The highest BCUT2D eigenvalue weighted by Gasteiger charge is 2.28. The van der Waals surface area contributed by atoms with Crippen molar-refractivity contribution in [1.29, 1.82) is 0 Å². The summed E-state index contributed by atoms with van der Waals surface area (Å²) in [6, 6.07) is 14.2. The van der Waals surface area contributed by atoms with Gasteiger partial charge in [-0.2, -0.15) is 4.31 Å². The molecule has 0 spiro atoms. The predicted octanol–water partition coefficient (Wildman–Crippen LogP) is 3.97. The number of hydrogen-bond donors (Lipinski definition) is 1. The lowest BCUT2D eigenvalue weighted by Gasteiger charge is -2.26. The third kappa shape index (κ3) is 6.14. The van der Waals surface area contributed by atoms with Crippen LogP contribution in [0.3, 0.4) is 0 Å². The average Bonchev–Trinajstić information content (AvgIpc) is 2.89. The SMILES string of the molecule is O=C(CN(c1ccc(F)cc1)S(=O)(=O)c1ccc(F)cc1)Nc1ccc(S(=O)(=O)N2CCCCC2)cc1. The Hall–Kier alpha value is -3.35. The monoisotopic (exact) mass is 549 g/mol. The lowest BCUT2D eigenvalue weighted by molar-refractivity contribution is -0.114. The summed E-state index contributed by atoms with van der Waals surface area (Å²) in [6.07, 6.45) is 2.60. The highest BCUT2D eigenvalue weighted by atomic mass is 32.2. The molecule has 0 aliphatic carbocycles. The molecule has 12 heteroatoms. The third-order valence-electron chi connectivity index (χ3n) is 5.89. The van der Waals surface area contributed by atoms with E-state index in [1.165, 1.54) is 40.7 Å². The lowest BCUT2D eigenvalue weighted by atomic mass is 10.2. The van der Waals surface area contributed by atoms with E-state index in [-0.39, 0.29) is 21.2 Å². The van der Waals surface area contributed by atoms with Crippen molar-refractivity contribution < 1.29 is 30.4 Å². The summed E-state index contributed by atoms with van der Waals surface area (Å²) in [6.45, 7) is 0.254. The van der Waals surface area contributed by atoms with Gasteiger partial charge >= 0.3 is 0 Å². The Bertz CT molecular complexity index is 1460.